The van der Waals surface area contributed by atoms with Crippen molar-refractivity contribution in [2.75, 3.05) is 26.4 Å². The predicted octanol–water partition coefficient (Wildman–Crippen LogP) is 20.8. The Labute approximate surface area is 496 Å². The molecule has 0 aromatic carbocycles. The molecule has 2 N–H and O–H groups in total. The van der Waals surface area contributed by atoms with Crippen LogP contribution in [-0.4, -0.2) is 72.7 Å². The van der Waals surface area contributed by atoms with E-state index in [9.17, 15) is 29.4 Å². The van der Waals surface area contributed by atoms with Crippen LogP contribution in [0.5, 0.6) is 0 Å². The predicted molar refractivity (Wildman–Crippen MR) is 337 cm³/mol. The van der Waals surface area contributed by atoms with E-state index >= 15 is 0 Å². The van der Waals surface area contributed by atoms with Gasteiger partial charge in [0, 0.05) is 25.7 Å². The van der Waals surface area contributed by atoms with Gasteiger partial charge >= 0.3 is 23.9 Å². The van der Waals surface area contributed by atoms with E-state index in [-0.39, 0.29) is 50.3 Å². The molecule has 1 unspecified atom stereocenters. The largest absolute Gasteiger partial charge is 0.463 e. The van der Waals surface area contributed by atoms with E-state index in [1.807, 2.05) is 0 Å². The number of unbranched alkanes of at least 4 members (excludes halogenated alkanes) is 48. The zero-order valence-electron chi connectivity index (χ0n) is 53.7. The Morgan fingerprint density at radius 1 is 0.263 bits per heavy atom. The Kier molecular flexibility index (Phi) is 69.2. The van der Waals surface area contributed by atoms with Crippen LogP contribution < -0.4 is 0 Å². The molecule has 0 rings (SSSR count). The lowest BCUT2D eigenvalue weighted by Gasteiger charge is -2.15. The third kappa shape index (κ3) is 68.3. The van der Waals surface area contributed by atoms with Crippen molar-refractivity contribution in [1.82, 2.24) is 0 Å². The summed E-state index contributed by atoms with van der Waals surface area (Å²) in [6.45, 7) is 8.44. The summed E-state index contributed by atoms with van der Waals surface area (Å²) in [4.78, 5) is 47.9. The fourth-order valence-corrected chi connectivity index (χ4v) is 10.3. The van der Waals surface area contributed by atoms with Gasteiger partial charge in [0.05, 0.1) is 6.61 Å². The standard InChI is InChI=1S/2C35H68O5/c1-3-5-7-9-11-13-15-17-19-21-23-25-27-29-34(37)39-31-33(36)32-40-35(38)30-28-26-24-22-20-18-16-14-12-10-8-6-4-2;1-3-5-7-9-11-13-15-17-19-21-23-25-27-29-34(37)39-32-33(31-36)40-35(38)30-28-26-24-22-20-18-16-14-12-10-8-6-4-2/h2*33,36H,3-32H2,1-2H3. The summed E-state index contributed by atoms with van der Waals surface area (Å²) >= 11 is 0. The van der Waals surface area contributed by atoms with Gasteiger partial charge in [-0.15, -0.1) is 0 Å². The highest BCUT2D eigenvalue weighted by atomic mass is 16.6. The number of carbonyl (C=O) groups excluding carboxylic acids is 4. The minimum Gasteiger partial charge on any atom is -0.463 e. The molecule has 0 aliphatic carbocycles. The quantitative estimate of drug-likeness (QED) is 0.0343. The Hall–Kier alpha value is -2.20. The number of hydrogen-bond acceptors (Lipinski definition) is 10. The number of carbonyl (C=O) groups is 4. The highest BCUT2D eigenvalue weighted by Crippen LogP contribution is 2.18. The topological polar surface area (TPSA) is 146 Å². The van der Waals surface area contributed by atoms with Crippen molar-refractivity contribution in [3.63, 3.8) is 0 Å². The van der Waals surface area contributed by atoms with E-state index in [0.717, 1.165) is 57.8 Å². The molecule has 0 saturated heterocycles. The average molecular weight is 1140 g/mol. The first-order chi connectivity index (χ1) is 39.2. The fraction of sp³-hybridized carbons (Fsp3) is 0.943. The molecule has 0 saturated carbocycles. The lowest BCUT2D eigenvalue weighted by Crippen LogP contribution is -2.28. The normalized spacial score (nSPS) is 11.6. The van der Waals surface area contributed by atoms with Crippen molar-refractivity contribution >= 4 is 23.9 Å². The minimum atomic E-state index is -0.953. The minimum absolute atomic E-state index is 0.0574. The van der Waals surface area contributed by atoms with Crippen molar-refractivity contribution in [3.05, 3.63) is 0 Å². The van der Waals surface area contributed by atoms with Gasteiger partial charge in [-0.2, -0.15) is 0 Å². The summed E-state index contributed by atoms with van der Waals surface area (Å²) in [6, 6.07) is 0. The molecule has 0 aromatic rings. The second-order valence-electron chi connectivity index (χ2n) is 24.0. The number of ether oxygens (including phenoxy) is 4. The SMILES string of the molecule is CCCCCCCCCCCCCCCC(=O)OCC(CO)OC(=O)CCCCCCCCCCCCCCC.CCCCCCCCCCCCCCCC(=O)OCC(O)COC(=O)CCCCCCCCCCCCCCC. The molecule has 10 heteroatoms. The van der Waals surface area contributed by atoms with E-state index in [1.165, 1.54) is 276 Å². The van der Waals surface area contributed by atoms with Crippen molar-refractivity contribution in [1.29, 1.82) is 0 Å². The summed E-state index contributed by atoms with van der Waals surface area (Å²) in [5.41, 5.74) is 0. The molecule has 0 bridgehead atoms. The van der Waals surface area contributed by atoms with Gasteiger partial charge in [0.2, 0.25) is 0 Å². The van der Waals surface area contributed by atoms with Crippen LogP contribution in [-0.2, 0) is 38.1 Å². The van der Waals surface area contributed by atoms with Crippen molar-refractivity contribution in [2.45, 2.75) is 399 Å². The molecular weight excluding hydrogens is 1000 g/mol. The lowest BCUT2D eigenvalue weighted by molar-refractivity contribution is -0.161. The molecule has 1 atom stereocenters. The summed E-state index contributed by atoms with van der Waals surface area (Å²) in [6.07, 6.45) is 65.8. The molecule has 0 heterocycles. The van der Waals surface area contributed by atoms with Crippen LogP contribution >= 0.6 is 0 Å². The van der Waals surface area contributed by atoms with Crippen LogP contribution in [0.25, 0.3) is 0 Å². The zero-order chi connectivity index (χ0) is 58.7. The van der Waals surface area contributed by atoms with E-state index in [4.69, 9.17) is 18.9 Å². The maximum Gasteiger partial charge on any atom is 0.306 e. The van der Waals surface area contributed by atoms with Crippen molar-refractivity contribution in [2.24, 2.45) is 0 Å². The Morgan fingerprint density at radius 3 is 0.637 bits per heavy atom. The van der Waals surface area contributed by atoms with Gasteiger partial charge in [-0.05, 0) is 25.7 Å². The maximum atomic E-state index is 12.1. The molecule has 0 aliphatic heterocycles. The van der Waals surface area contributed by atoms with E-state index < -0.39 is 12.2 Å². The second-order valence-corrected chi connectivity index (χ2v) is 24.0. The molecule has 10 nitrogen and oxygen atoms in total. The van der Waals surface area contributed by atoms with Crippen LogP contribution in [0.15, 0.2) is 0 Å². The Bertz CT molecular complexity index is 1210. The van der Waals surface area contributed by atoms with Crippen molar-refractivity contribution < 1.29 is 48.3 Å². The summed E-state index contributed by atoms with van der Waals surface area (Å²) in [7, 11) is 0. The number of esters is 4. The van der Waals surface area contributed by atoms with E-state index in [0.29, 0.717) is 25.7 Å². The van der Waals surface area contributed by atoms with E-state index in [1.54, 1.807) is 0 Å². The maximum absolute atomic E-state index is 12.1. The van der Waals surface area contributed by atoms with Crippen LogP contribution in [0, 0.1) is 0 Å². The lowest BCUT2D eigenvalue weighted by atomic mass is 10.0. The molecule has 0 spiro atoms. The van der Waals surface area contributed by atoms with Gasteiger partial charge in [0.1, 0.15) is 25.9 Å². The first kappa shape index (κ1) is 79.9. The second kappa shape index (κ2) is 69.3. The van der Waals surface area contributed by atoms with Crippen LogP contribution in [0.2, 0.25) is 0 Å². The summed E-state index contributed by atoms with van der Waals surface area (Å²) < 4.78 is 20.9. The van der Waals surface area contributed by atoms with Crippen LogP contribution in [0.4, 0.5) is 0 Å². The zero-order valence-corrected chi connectivity index (χ0v) is 53.7. The number of rotatable bonds is 64. The fourth-order valence-electron chi connectivity index (χ4n) is 10.3. The van der Waals surface area contributed by atoms with Crippen molar-refractivity contribution in [3.8, 4) is 0 Å². The Balaban J connectivity index is 0. The molecule has 0 fully saturated rings. The summed E-state index contributed by atoms with van der Waals surface area (Å²) in [5, 5.41) is 19.5. The van der Waals surface area contributed by atoms with Gasteiger partial charge in [0.25, 0.3) is 0 Å². The van der Waals surface area contributed by atoms with Crippen LogP contribution in [0.3, 0.4) is 0 Å². The molecule has 80 heavy (non-hydrogen) atoms. The monoisotopic (exact) mass is 1140 g/mol. The van der Waals surface area contributed by atoms with E-state index in [2.05, 4.69) is 27.7 Å². The van der Waals surface area contributed by atoms with Gasteiger partial charge in [-0.1, -0.05) is 336 Å². The van der Waals surface area contributed by atoms with Gasteiger partial charge in [-0.3, -0.25) is 19.2 Å². The number of aliphatic hydroxyl groups is 2. The van der Waals surface area contributed by atoms with Gasteiger partial charge in [-0.25, -0.2) is 0 Å². The third-order valence-corrected chi connectivity index (χ3v) is 15.7. The molecule has 0 aromatic heterocycles. The Morgan fingerprint density at radius 2 is 0.438 bits per heavy atom. The molecular formula is C70H136O10. The summed E-state index contributed by atoms with van der Waals surface area (Å²) in [5.74, 6) is -1.13. The highest BCUT2D eigenvalue weighted by molar-refractivity contribution is 5.70. The first-order valence-electron chi connectivity index (χ1n) is 35.2. The average Bonchev–Trinajstić information content (AvgIpc) is 3.45. The van der Waals surface area contributed by atoms with Crippen LogP contribution in [0.1, 0.15) is 387 Å². The molecule has 0 aliphatic rings. The third-order valence-electron chi connectivity index (χ3n) is 15.7. The first-order valence-corrected chi connectivity index (χ1v) is 35.2. The molecule has 476 valence electrons. The highest BCUT2D eigenvalue weighted by Gasteiger charge is 2.16. The smallest absolute Gasteiger partial charge is 0.306 e. The molecule has 0 radical (unpaired) electrons. The van der Waals surface area contributed by atoms with Gasteiger partial charge < -0.3 is 29.2 Å². The van der Waals surface area contributed by atoms with Gasteiger partial charge in [0.15, 0.2) is 6.10 Å². The number of hydrogen-bond donors (Lipinski definition) is 2. The number of aliphatic hydroxyl groups excluding tert-OH is 2. The molecule has 0 amide bonds.